The topological polar surface area (TPSA) is 6.25 Å². The summed E-state index contributed by atoms with van der Waals surface area (Å²) in [5.41, 5.74) is 10.4. The van der Waals surface area contributed by atoms with Crippen LogP contribution in [0.2, 0.25) is 0 Å². The molecule has 0 saturated heterocycles. The van der Waals surface area contributed by atoms with E-state index in [1.54, 1.807) is 0 Å². The van der Waals surface area contributed by atoms with Crippen LogP contribution in [0.15, 0.2) is 113 Å². The Hall–Kier alpha value is -3.88. The molecule has 2 aliphatic heterocycles. The van der Waals surface area contributed by atoms with Crippen LogP contribution in [-0.4, -0.2) is 30.4 Å². The van der Waals surface area contributed by atoms with Crippen LogP contribution in [0.4, 0.5) is 11.4 Å². The first kappa shape index (κ1) is 29.8. The molecular formula is C42H44ClN2+. The summed E-state index contributed by atoms with van der Waals surface area (Å²) < 4.78 is 2.36. The molecule has 0 saturated carbocycles. The predicted octanol–water partition coefficient (Wildman–Crippen LogP) is 10.8. The fourth-order valence-electron chi connectivity index (χ4n) is 8.42. The van der Waals surface area contributed by atoms with Crippen LogP contribution in [0.25, 0.3) is 21.5 Å². The summed E-state index contributed by atoms with van der Waals surface area (Å²) in [7, 11) is 4.42. The van der Waals surface area contributed by atoms with Crippen LogP contribution in [0.5, 0.6) is 0 Å². The highest BCUT2D eigenvalue weighted by Gasteiger charge is 2.44. The van der Waals surface area contributed by atoms with Crippen LogP contribution in [-0.2, 0) is 10.8 Å². The van der Waals surface area contributed by atoms with Gasteiger partial charge in [-0.1, -0.05) is 104 Å². The lowest BCUT2D eigenvalue weighted by Gasteiger charge is -2.30. The average molecular weight is 612 g/mol. The lowest BCUT2D eigenvalue weighted by atomic mass is 9.78. The minimum absolute atomic E-state index is 0.0196. The molecule has 45 heavy (non-hydrogen) atoms. The maximum Gasteiger partial charge on any atom is 0.210 e. The zero-order valence-electron chi connectivity index (χ0n) is 27.7. The standard InChI is InChI=1S/C42H44ClN2/c1-27-18-22-33-31(26-27)20-24-35-39(33)41(2,3)36(44(35)6)17-11-15-29-13-10-14-30(40(29)43)21-25-37-42(4,5)38-32-16-9-8-12-28(32)19-23-34(38)45(37)7/h8-9,11-12,15-26,36H,10,13-14H2,1-7H3/q+1/b17-11+,25-21+,29-15+. The number of likely N-dealkylation sites (N-methyl/N-ethyl adjacent to an activating group) is 1. The average Bonchev–Trinajstić information content (AvgIpc) is 3.34. The summed E-state index contributed by atoms with van der Waals surface area (Å²) in [6, 6.07) is 24.9. The highest BCUT2D eigenvalue weighted by molar-refractivity contribution is 6.32. The number of allylic oxidation sites excluding steroid dienone is 7. The lowest BCUT2D eigenvalue weighted by molar-refractivity contribution is -0.401. The molecule has 1 aliphatic carbocycles. The summed E-state index contributed by atoms with van der Waals surface area (Å²) in [6.07, 6.45) is 14.6. The fourth-order valence-corrected chi connectivity index (χ4v) is 8.73. The van der Waals surface area contributed by atoms with Crippen molar-refractivity contribution in [1.82, 2.24) is 0 Å². The second kappa shape index (κ2) is 10.9. The van der Waals surface area contributed by atoms with Crippen molar-refractivity contribution in [3.8, 4) is 0 Å². The molecule has 2 heterocycles. The Morgan fingerprint density at radius 2 is 1.62 bits per heavy atom. The summed E-state index contributed by atoms with van der Waals surface area (Å²) >= 11 is 7.13. The Morgan fingerprint density at radius 3 is 2.44 bits per heavy atom. The van der Waals surface area contributed by atoms with Gasteiger partial charge in [-0.05, 0) is 90.4 Å². The van der Waals surface area contributed by atoms with E-state index in [9.17, 15) is 0 Å². The number of nitrogens with zero attached hydrogens (tertiary/aromatic N) is 2. The summed E-state index contributed by atoms with van der Waals surface area (Å²) in [6.45, 7) is 11.6. The molecule has 0 fully saturated rings. The van der Waals surface area contributed by atoms with Gasteiger partial charge >= 0.3 is 0 Å². The molecule has 1 unspecified atom stereocenters. The van der Waals surface area contributed by atoms with Gasteiger partial charge in [0.15, 0.2) is 5.71 Å². The second-order valence-corrected chi connectivity index (χ2v) is 14.7. The molecule has 0 amide bonds. The number of benzene rings is 4. The van der Waals surface area contributed by atoms with Crippen molar-refractivity contribution in [2.75, 3.05) is 19.0 Å². The minimum atomic E-state index is -0.105. The lowest BCUT2D eigenvalue weighted by Crippen LogP contribution is -2.37. The zero-order valence-corrected chi connectivity index (χ0v) is 28.5. The molecular weight excluding hydrogens is 568 g/mol. The van der Waals surface area contributed by atoms with Crippen LogP contribution < -0.4 is 4.90 Å². The minimum Gasteiger partial charge on any atom is -0.367 e. The van der Waals surface area contributed by atoms with Crippen molar-refractivity contribution < 1.29 is 4.58 Å². The Labute approximate surface area is 273 Å². The molecule has 1 atom stereocenters. The van der Waals surface area contributed by atoms with E-state index in [1.165, 1.54) is 66.5 Å². The third-order valence-corrected chi connectivity index (χ3v) is 11.2. The Balaban J connectivity index is 1.16. The highest BCUT2D eigenvalue weighted by atomic mass is 35.5. The second-order valence-electron chi connectivity index (χ2n) is 14.3. The summed E-state index contributed by atoms with van der Waals surface area (Å²) in [5, 5.41) is 6.23. The number of fused-ring (bicyclic) bond motifs is 6. The van der Waals surface area contributed by atoms with Crippen LogP contribution in [0.3, 0.4) is 0 Å². The Kier molecular flexibility index (Phi) is 7.21. The van der Waals surface area contributed by atoms with E-state index in [0.717, 1.165) is 24.3 Å². The van der Waals surface area contributed by atoms with Gasteiger partial charge in [0.2, 0.25) is 5.69 Å². The van der Waals surface area contributed by atoms with E-state index in [1.807, 2.05) is 0 Å². The molecule has 3 heteroatoms. The van der Waals surface area contributed by atoms with Crippen LogP contribution >= 0.6 is 11.6 Å². The SMILES string of the molecule is Cc1ccc2c3c(ccc2c1)N(C)C(/C=C/C=C1\CCCC(/C=C/C2=[N+](C)c4ccc5ccccc5c4C2(C)C)=C1Cl)C3(C)C. The fraction of sp³-hybridized carbons (Fsp3) is 0.310. The normalized spacial score (nSPS) is 21.7. The van der Waals surface area contributed by atoms with Crippen molar-refractivity contribution in [1.29, 1.82) is 0 Å². The van der Waals surface area contributed by atoms with Gasteiger partial charge in [-0.15, -0.1) is 0 Å². The van der Waals surface area contributed by atoms with Crippen molar-refractivity contribution in [2.45, 2.75) is 70.8 Å². The van der Waals surface area contributed by atoms with Gasteiger partial charge in [-0.25, -0.2) is 0 Å². The third kappa shape index (κ3) is 4.72. The Morgan fingerprint density at radius 1 is 0.867 bits per heavy atom. The molecule has 0 radical (unpaired) electrons. The number of rotatable bonds is 4. The number of aryl methyl sites for hydroxylation is 1. The summed E-state index contributed by atoms with van der Waals surface area (Å²) in [4.78, 5) is 2.44. The third-order valence-electron chi connectivity index (χ3n) is 10.7. The largest absolute Gasteiger partial charge is 0.367 e. The monoisotopic (exact) mass is 611 g/mol. The molecule has 0 bridgehead atoms. The number of hydrogen-bond acceptors (Lipinski definition) is 1. The quantitative estimate of drug-likeness (QED) is 0.208. The molecule has 0 aromatic heterocycles. The van der Waals surface area contributed by atoms with Crippen molar-refractivity contribution in [2.24, 2.45) is 0 Å². The van der Waals surface area contributed by atoms with Gasteiger partial charge in [0, 0.05) is 40.9 Å². The molecule has 3 aliphatic rings. The maximum atomic E-state index is 7.13. The smallest absolute Gasteiger partial charge is 0.210 e. The molecule has 7 rings (SSSR count). The van der Waals surface area contributed by atoms with Gasteiger partial charge in [0.05, 0.1) is 11.5 Å². The van der Waals surface area contributed by atoms with E-state index in [0.29, 0.717) is 0 Å². The molecule has 0 N–H and O–H groups in total. The number of hydrogen-bond donors (Lipinski definition) is 0. The number of halogens is 1. The van der Waals surface area contributed by atoms with Crippen LogP contribution in [0.1, 0.15) is 63.6 Å². The van der Waals surface area contributed by atoms with Crippen molar-refractivity contribution in [3.63, 3.8) is 0 Å². The van der Waals surface area contributed by atoms with Gasteiger partial charge in [0.1, 0.15) is 7.05 Å². The number of anilines is 1. The van der Waals surface area contributed by atoms with Crippen molar-refractivity contribution >= 4 is 50.2 Å². The first-order chi connectivity index (χ1) is 21.5. The van der Waals surface area contributed by atoms with E-state index < -0.39 is 0 Å². The molecule has 2 nitrogen and oxygen atoms in total. The first-order valence-corrected chi connectivity index (χ1v) is 16.7. The molecule has 0 spiro atoms. The Bertz CT molecular complexity index is 2030. The van der Waals surface area contributed by atoms with E-state index in [4.69, 9.17) is 11.6 Å². The van der Waals surface area contributed by atoms with Crippen LogP contribution in [0, 0.1) is 6.92 Å². The van der Waals surface area contributed by atoms with Gasteiger partial charge < -0.3 is 4.90 Å². The molecule has 4 aromatic rings. The molecule has 4 aromatic carbocycles. The van der Waals surface area contributed by atoms with Gasteiger partial charge in [-0.2, -0.15) is 4.58 Å². The van der Waals surface area contributed by atoms with E-state index >= 15 is 0 Å². The summed E-state index contributed by atoms with van der Waals surface area (Å²) in [5.74, 6) is 0. The highest BCUT2D eigenvalue weighted by Crippen LogP contribution is 2.49. The van der Waals surface area contributed by atoms with Crippen molar-refractivity contribution in [3.05, 3.63) is 130 Å². The van der Waals surface area contributed by atoms with Gasteiger partial charge in [-0.3, -0.25) is 0 Å². The first-order valence-electron chi connectivity index (χ1n) is 16.3. The van der Waals surface area contributed by atoms with E-state index in [-0.39, 0.29) is 16.9 Å². The van der Waals surface area contributed by atoms with Gasteiger partial charge in [0.25, 0.3) is 0 Å². The predicted molar refractivity (Wildman–Crippen MR) is 195 cm³/mol. The molecule has 228 valence electrons. The zero-order chi connectivity index (χ0) is 31.7. The van der Waals surface area contributed by atoms with E-state index in [2.05, 4.69) is 155 Å². The maximum absolute atomic E-state index is 7.13.